The minimum atomic E-state index is -1.04. The molecule has 0 radical (unpaired) electrons. The summed E-state index contributed by atoms with van der Waals surface area (Å²) < 4.78 is 1.42. The molecule has 3 heteroatoms. The molecule has 0 N–H and O–H groups in total. The molecule has 0 aliphatic rings. The van der Waals surface area contributed by atoms with Gasteiger partial charge in [0.15, 0.2) is 0 Å². The van der Waals surface area contributed by atoms with E-state index >= 15 is 0 Å². The van der Waals surface area contributed by atoms with E-state index in [-0.39, 0.29) is 6.42 Å². The lowest BCUT2D eigenvalue weighted by molar-refractivity contribution is -0.929. The van der Waals surface area contributed by atoms with Gasteiger partial charge in [-0.3, -0.25) is 0 Å². The minimum absolute atomic E-state index is 0.0264. The molecule has 2 aromatic carbocycles. The normalized spacial score (nSPS) is 11.2. The third-order valence-electron chi connectivity index (χ3n) is 6.16. The van der Waals surface area contributed by atoms with E-state index in [1.807, 2.05) is 42.5 Å². The summed E-state index contributed by atoms with van der Waals surface area (Å²) in [5, 5.41) is 12.5. The Morgan fingerprint density at radius 2 is 1.16 bits per heavy atom. The number of quaternary nitrogens is 1. The van der Waals surface area contributed by atoms with Gasteiger partial charge in [-0.25, -0.2) is 0 Å². The lowest BCUT2D eigenvalue weighted by atomic mass is 10.0. The molecule has 2 rings (SSSR count). The van der Waals surface area contributed by atoms with Crippen LogP contribution in [-0.4, -0.2) is 36.6 Å². The maximum atomic E-state index is 10.5. The van der Waals surface area contributed by atoms with E-state index in [4.69, 9.17) is 0 Å². The minimum Gasteiger partial charge on any atom is -0.550 e. The first-order chi connectivity index (χ1) is 15.0. The number of fused-ring (bicyclic) bond motifs is 1. The Morgan fingerprint density at radius 3 is 1.61 bits per heavy atom. The number of carbonyl (C=O) groups excluding carboxylic acids is 1. The number of hydrogen-bond acceptors (Lipinski definition) is 2. The van der Waals surface area contributed by atoms with Crippen LogP contribution in [-0.2, 0) is 11.2 Å². The first-order valence-corrected chi connectivity index (χ1v) is 12.5. The predicted octanol–water partition coefficient (Wildman–Crippen LogP) is 6.14. The standard InChI is InChI=1S/C16H36N.C12H10O2/c1-5-9-13-17(14-10-6-2,15-11-7-3)16-12-8-4;13-12(14)8-10-6-3-5-9-4-1-2-7-11(9)10/h5-16H2,1-4H3;1-7H,8H2,(H,13,14)/q+1;/p-1. The number of carboxylic acid groups (broad SMARTS) is 1. The molecular weight excluding hydrogens is 382 g/mol. The van der Waals surface area contributed by atoms with Gasteiger partial charge in [-0.05, 0) is 42.0 Å². The molecule has 3 nitrogen and oxygen atoms in total. The second-order valence-corrected chi connectivity index (χ2v) is 8.84. The summed E-state index contributed by atoms with van der Waals surface area (Å²) in [6.07, 6.45) is 11.0. The number of carbonyl (C=O) groups is 1. The fourth-order valence-corrected chi connectivity index (χ4v) is 4.25. The van der Waals surface area contributed by atoms with Crippen LogP contribution in [0.5, 0.6) is 0 Å². The Bertz CT molecular complexity index is 698. The molecule has 0 aliphatic heterocycles. The van der Waals surface area contributed by atoms with Gasteiger partial charge < -0.3 is 14.4 Å². The van der Waals surface area contributed by atoms with Gasteiger partial charge in [0.25, 0.3) is 0 Å². The molecule has 0 amide bonds. The van der Waals surface area contributed by atoms with Gasteiger partial charge in [0, 0.05) is 12.4 Å². The molecule has 0 aromatic heterocycles. The van der Waals surface area contributed by atoms with Crippen molar-refractivity contribution in [2.75, 3.05) is 26.2 Å². The summed E-state index contributed by atoms with van der Waals surface area (Å²) in [6, 6.07) is 13.4. The number of rotatable bonds is 14. The molecule has 0 fully saturated rings. The lowest BCUT2D eigenvalue weighted by Crippen LogP contribution is -2.50. The van der Waals surface area contributed by atoms with Crippen molar-refractivity contribution >= 4 is 16.7 Å². The van der Waals surface area contributed by atoms with Crippen LogP contribution in [0.3, 0.4) is 0 Å². The highest BCUT2D eigenvalue weighted by molar-refractivity contribution is 5.88. The van der Waals surface area contributed by atoms with Crippen LogP contribution in [0.2, 0.25) is 0 Å². The Balaban J connectivity index is 0.000000314. The van der Waals surface area contributed by atoms with Gasteiger partial charge in [0.2, 0.25) is 0 Å². The number of benzene rings is 2. The van der Waals surface area contributed by atoms with Gasteiger partial charge in [-0.1, -0.05) is 95.8 Å². The van der Waals surface area contributed by atoms with Gasteiger partial charge in [-0.2, -0.15) is 0 Å². The summed E-state index contributed by atoms with van der Waals surface area (Å²) in [6.45, 7) is 15.0. The largest absolute Gasteiger partial charge is 0.550 e. The third kappa shape index (κ3) is 10.3. The van der Waals surface area contributed by atoms with Crippen molar-refractivity contribution in [2.24, 2.45) is 0 Å². The molecule has 0 unspecified atom stereocenters. The van der Waals surface area contributed by atoms with Crippen LogP contribution in [0.1, 0.15) is 84.6 Å². The molecule has 0 heterocycles. The van der Waals surface area contributed by atoms with Gasteiger partial charge >= 0.3 is 0 Å². The first kappa shape index (κ1) is 27.2. The first-order valence-electron chi connectivity index (χ1n) is 12.5. The molecule has 0 bridgehead atoms. The summed E-state index contributed by atoms with van der Waals surface area (Å²) >= 11 is 0. The van der Waals surface area contributed by atoms with Crippen LogP contribution < -0.4 is 5.11 Å². The summed E-state index contributed by atoms with van der Waals surface area (Å²) in [5.74, 6) is -1.04. The van der Waals surface area contributed by atoms with Crippen molar-refractivity contribution in [1.29, 1.82) is 0 Å². The third-order valence-corrected chi connectivity index (χ3v) is 6.16. The van der Waals surface area contributed by atoms with Crippen molar-refractivity contribution in [3.8, 4) is 0 Å². The number of aliphatic carboxylic acids is 1. The predicted molar refractivity (Wildman–Crippen MR) is 132 cm³/mol. The van der Waals surface area contributed by atoms with Crippen LogP contribution >= 0.6 is 0 Å². The maximum Gasteiger partial charge on any atom is 0.0786 e. The van der Waals surface area contributed by atoms with E-state index in [0.717, 1.165) is 16.3 Å². The highest BCUT2D eigenvalue weighted by Gasteiger charge is 2.24. The number of carboxylic acids is 1. The Morgan fingerprint density at radius 1 is 0.710 bits per heavy atom. The molecule has 174 valence electrons. The monoisotopic (exact) mass is 427 g/mol. The number of hydrogen-bond donors (Lipinski definition) is 0. The zero-order valence-corrected chi connectivity index (χ0v) is 20.5. The zero-order chi connectivity index (χ0) is 23.0. The van der Waals surface area contributed by atoms with Crippen molar-refractivity contribution in [1.82, 2.24) is 0 Å². The Kier molecular flexibility index (Phi) is 13.9. The Labute approximate surface area is 191 Å². The summed E-state index contributed by atoms with van der Waals surface area (Å²) in [5.41, 5.74) is 0.808. The average molecular weight is 428 g/mol. The second-order valence-electron chi connectivity index (χ2n) is 8.84. The second kappa shape index (κ2) is 15.9. The molecule has 0 aliphatic carbocycles. The highest BCUT2D eigenvalue weighted by atomic mass is 16.4. The zero-order valence-electron chi connectivity index (χ0n) is 20.5. The van der Waals surface area contributed by atoms with E-state index in [1.54, 1.807) is 0 Å². The molecule has 0 saturated carbocycles. The fraction of sp³-hybridized carbons (Fsp3) is 0.607. The van der Waals surface area contributed by atoms with Crippen molar-refractivity contribution in [2.45, 2.75) is 85.5 Å². The lowest BCUT2D eigenvalue weighted by Gasteiger charge is -2.39. The van der Waals surface area contributed by atoms with Crippen molar-refractivity contribution in [3.05, 3.63) is 48.0 Å². The van der Waals surface area contributed by atoms with Crippen LogP contribution in [0.4, 0.5) is 0 Å². The van der Waals surface area contributed by atoms with E-state index in [9.17, 15) is 9.90 Å². The van der Waals surface area contributed by atoms with Crippen molar-refractivity contribution < 1.29 is 14.4 Å². The van der Waals surface area contributed by atoms with Gasteiger partial charge in [-0.15, -0.1) is 0 Å². The summed E-state index contributed by atoms with van der Waals surface area (Å²) in [4.78, 5) is 10.5. The smallest absolute Gasteiger partial charge is 0.0786 e. The quantitative estimate of drug-likeness (QED) is 0.340. The maximum absolute atomic E-state index is 10.5. The van der Waals surface area contributed by atoms with Crippen LogP contribution in [0, 0.1) is 0 Å². The van der Waals surface area contributed by atoms with Gasteiger partial charge in [0.1, 0.15) is 0 Å². The fourth-order valence-electron chi connectivity index (χ4n) is 4.25. The van der Waals surface area contributed by atoms with E-state index in [0.29, 0.717) is 0 Å². The highest BCUT2D eigenvalue weighted by Crippen LogP contribution is 2.18. The van der Waals surface area contributed by atoms with Crippen LogP contribution in [0.25, 0.3) is 10.8 Å². The molecule has 0 saturated heterocycles. The number of nitrogens with zero attached hydrogens (tertiary/aromatic N) is 1. The molecular formula is C28H45NO2. The van der Waals surface area contributed by atoms with E-state index in [1.165, 1.54) is 82.0 Å². The van der Waals surface area contributed by atoms with Crippen LogP contribution in [0.15, 0.2) is 42.5 Å². The van der Waals surface area contributed by atoms with Crippen molar-refractivity contribution in [3.63, 3.8) is 0 Å². The molecule has 0 spiro atoms. The molecule has 31 heavy (non-hydrogen) atoms. The SMILES string of the molecule is CCCC[N+](CCCC)(CCCC)CCCC.O=C([O-])Cc1cccc2ccccc12. The molecule has 2 aromatic rings. The number of unbranched alkanes of at least 4 members (excludes halogenated alkanes) is 4. The summed E-state index contributed by atoms with van der Waals surface area (Å²) in [7, 11) is 0. The van der Waals surface area contributed by atoms with E-state index < -0.39 is 5.97 Å². The van der Waals surface area contributed by atoms with Gasteiger partial charge in [0.05, 0.1) is 26.2 Å². The molecule has 0 atom stereocenters. The topological polar surface area (TPSA) is 40.1 Å². The average Bonchev–Trinajstić information content (AvgIpc) is 2.78. The van der Waals surface area contributed by atoms with E-state index in [2.05, 4.69) is 27.7 Å². The Hall–Kier alpha value is -1.87.